The van der Waals surface area contributed by atoms with Crippen molar-refractivity contribution in [3.63, 3.8) is 0 Å². The maximum atomic E-state index is 13.1. The van der Waals surface area contributed by atoms with Gasteiger partial charge in [0.05, 0.1) is 5.69 Å². The van der Waals surface area contributed by atoms with E-state index in [1.54, 1.807) is 0 Å². The van der Waals surface area contributed by atoms with Crippen LogP contribution in [0.2, 0.25) is 0 Å². The summed E-state index contributed by atoms with van der Waals surface area (Å²) in [5.41, 5.74) is 5.84. The predicted octanol–water partition coefficient (Wildman–Crippen LogP) is 5.64. The van der Waals surface area contributed by atoms with Crippen LogP contribution in [0.15, 0.2) is 42.5 Å². The van der Waals surface area contributed by atoms with Gasteiger partial charge in [0.2, 0.25) is 5.91 Å². The number of rotatable bonds is 8. The molecular weight excluding hydrogens is 444 g/mol. The summed E-state index contributed by atoms with van der Waals surface area (Å²) in [7, 11) is 0. The molecule has 3 aliphatic rings. The van der Waals surface area contributed by atoms with Crippen LogP contribution in [0.5, 0.6) is 0 Å². The lowest BCUT2D eigenvalue weighted by atomic mass is 9.87. The second-order valence-electron chi connectivity index (χ2n) is 10.1. The number of hydrogen-bond donors (Lipinski definition) is 0. The first-order valence-electron chi connectivity index (χ1n) is 12.9. The second-order valence-corrected chi connectivity index (χ2v) is 10.1. The third-order valence-electron chi connectivity index (χ3n) is 7.87. The first kappa shape index (κ1) is 24.9. The van der Waals surface area contributed by atoms with Crippen molar-refractivity contribution in [1.82, 2.24) is 4.90 Å². The summed E-state index contributed by atoms with van der Waals surface area (Å²) in [5, 5.41) is 0. The minimum Gasteiger partial charge on any atom is -0.312 e. The molecule has 0 spiro atoms. The largest absolute Gasteiger partial charge is 0.312 e. The summed E-state index contributed by atoms with van der Waals surface area (Å²) in [5.74, 6) is 1.20. The highest BCUT2D eigenvalue weighted by atomic mass is 35.5. The van der Waals surface area contributed by atoms with Gasteiger partial charge in [0.15, 0.2) is 5.78 Å². The van der Waals surface area contributed by atoms with Crippen LogP contribution in [-0.4, -0.2) is 42.8 Å². The van der Waals surface area contributed by atoms with Crippen LogP contribution in [0.1, 0.15) is 72.0 Å². The number of ketones is 1. The molecule has 0 N–H and O–H groups in total. The van der Waals surface area contributed by atoms with Gasteiger partial charge in [0, 0.05) is 24.9 Å². The molecule has 2 aromatic carbocycles. The molecule has 0 bridgehead atoms. The minimum atomic E-state index is 0. The number of carbonyl (C=O) groups is 2. The molecule has 0 unspecified atom stereocenters. The van der Waals surface area contributed by atoms with Gasteiger partial charge in [-0.25, -0.2) is 0 Å². The van der Waals surface area contributed by atoms with E-state index in [-0.39, 0.29) is 24.1 Å². The molecular formula is C29H37ClN2O2. The highest BCUT2D eigenvalue weighted by Crippen LogP contribution is 2.37. The zero-order chi connectivity index (χ0) is 22.6. The molecule has 0 aliphatic carbocycles. The molecule has 5 rings (SSSR count). The Morgan fingerprint density at radius 1 is 0.941 bits per heavy atom. The monoisotopic (exact) mass is 480 g/mol. The molecule has 34 heavy (non-hydrogen) atoms. The van der Waals surface area contributed by atoms with E-state index in [9.17, 15) is 9.59 Å². The normalized spacial score (nSPS) is 18.4. The van der Waals surface area contributed by atoms with Gasteiger partial charge in [0.25, 0.3) is 0 Å². The van der Waals surface area contributed by atoms with E-state index in [0.717, 1.165) is 49.9 Å². The first-order chi connectivity index (χ1) is 16.2. The van der Waals surface area contributed by atoms with Crippen LogP contribution in [0, 0.1) is 5.92 Å². The van der Waals surface area contributed by atoms with Gasteiger partial charge < -0.3 is 9.80 Å². The van der Waals surface area contributed by atoms with Crippen molar-refractivity contribution in [2.75, 3.05) is 31.1 Å². The minimum absolute atomic E-state index is 0. The molecule has 0 radical (unpaired) electrons. The zero-order valence-electron chi connectivity index (χ0n) is 20.1. The lowest BCUT2D eigenvalue weighted by molar-refractivity contribution is -0.119. The fraction of sp³-hybridized carbons (Fsp3) is 0.517. The number of Topliss-reactive ketones (excluding diaryl/α,β-unsaturated/α-hetero) is 1. The van der Waals surface area contributed by atoms with Gasteiger partial charge in [-0.2, -0.15) is 0 Å². The van der Waals surface area contributed by atoms with Crippen molar-refractivity contribution in [3.8, 4) is 0 Å². The summed E-state index contributed by atoms with van der Waals surface area (Å²) in [4.78, 5) is 29.9. The number of amides is 1. The second kappa shape index (κ2) is 11.5. The third kappa shape index (κ3) is 5.72. The Bertz CT molecular complexity index is 981. The van der Waals surface area contributed by atoms with E-state index >= 15 is 0 Å². The predicted molar refractivity (Wildman–Crippen MR) is 140 cm³/mol. The molecule has 0 saturated carbocycles. The number of halogens is 1. The Morgan fingerprint density at radius 3 is 2.44 bits per heavy atom. The average Bonchev–Trinajstić information content (AvgIpc) is 2.86. The zero-order valence-corrected chi connectivity index (χ0v) is 21.0. The Hall–Kier alpha value is -2.17. The number of likely N-dealkylation sites (tertiary alicyclic amines) is 1. The number of nitrogens with zero attached hydrogens (tertiary/aromatic N) is 2. The summed E-state index contributed by atoms with van der Waals surface area (Å²) >= 11 is 0. The Kier molecular flexibility index (Phi) is 8.44. The van der Waals surface area contributed by atoms with Crippen LogP contribution in [0.4, 0.5) is 5.69 Å². The lowest BCUT2D eigenvalue weighted by Crippen LogP contribution is -2.39. The van der Waals surface area contributed by atoms with E-state index in [2.05, 4.69) is 47.4 Å². The van der Waals surface area contributed by atoms with Crippen LogP contribution >= 0.6 is 12.4 Å². The fourth-order valence-electron chi connectivity index (χ4n) is 5.94. The van der Waals surface area contributed by atoms with E-state index in [4.69, 9.17) is 0 Å². The first-order valence-corrected chi connectivity index (χ1v) is 12.9. The Morgan fingerprint density at radius 2 is 1.68 bits per heavy atom. The van der Waals surface area contributed by atoms with E-state index in [1.807, 2.05) is 4.90 Å². The number of benzene rings is 2. The van der Waals surface area contributed by atoms with Gasteiger partial charge in [-0.05, 0) is 106 Å². The van der Waals surface area contributed by atoms with Gasteiger partial charge >= 0.3 is 0 Å². The highest BCUT2D eigenvalue weighted by molar-refractivity contribution is 6.01. The van der Waals surface area contributed by atoms with Gasteiger partial charge in [-0.3, -0.25) is 9.59 Å². The van der Waals surface area contributed by atoms with E-state index < -0.39 is 0 Å². The number of aryl methyl sites for hydroxylation is 3. The van der Waals surface area contributed by atoms with Crippen molar-refractivity contribution in [2.24, 2.45) is 5.92 Å². The molecule has 0 aromatic heterocycles. The molecule has 182 valence electrons. The van der Waals surface area contributed by atoms with Gasteiger partial charge in [-0.15, -0.1) is 12.4 Å². The van der Waals surface area contributed by atoms with Gasteiger partial charge in [-0.1, -0.05) is 30.3 Å². The molecule has 1 fully saturated rings. The molecule has 0 atom stereocenters. The smallest absolute Gasteiger partial charge is 0.227 e. The van der Waals surface area contributed by atoms with Crippen LogP contribution in [-0.2, 0) is 24.1 Å². The van der Waals surface area contributed by atoms with Crippen LogP contribution < -0.4 is 4.90 Å². The van der Waals surface area contributed by atoms with Crippen molar-refractivity contribution < 1.29 is 9.59 Å². The topological polar surface area (TPSA) is 40.6 Å². The molecule has 1 saturated heterocycles. The standard InChI is InChI=1S/C29H36N2O2.ClH/c32-27(26-20-24-9-5-17-31-28(33)13-11-25(21-26)29(24)31)12-10-23-14-18-30(19-15-23)16-4-8-22-6-2-1-3-7-22;/h1-3,6-7,20-21,23H,4-5,8-19H2;1H. The number of anilines is 1. The number of hydrogen-bond acceptors (Lipinski definition) is 3. The van der Waals surface area contributed by atoms with Crippen molar-refractivity contribution in [1.29, 1.82) is 0 Å². The van der Waals surface area contributed by atoms with Crippen molar-refractivity contribution >= 4 is 29.8 Å². The lowest BCUT2D eigenvalue weighted by Gasteiger charge is -2.35. The third-order valence-corrected chi connectivity index (χ3v) is 7.87. The quantitative estimate of drug-likeness (QED) is 0.459. The molecule has 1 amide bonds. The van der Waals surface area contributed by atoms with Crippen molar-refractivity contribution in [3.05, 3.63) is 64.7 Å². The fourth-order valence-corrected chi connectivity index (χ4v) is 5.94. The molecule has 5 heteroatoms. The summed E-state index contributed by atoms with van der Waals surface area (Å²) in [6.07, 6.45) is 9.80. The molecule has 3 heterocycles. The average molecular weight is 481 g/mol. The highest BCUT2D eigenvalue weighted by Gasteiger charge is 2.30. The van der Waals surface area contributed by atoms with E-state index in [0.29, 0.717) is 18.8 Å². The maximum Gasteiger partial charge on any atom is 0.227 e. The van der Waals surface area contributed by atoms with Crippen LogP contribution in [0.3, 0.4) is 0 Å². The number of carbonyl (C=O) groups excluding carboxylic acids is 2. The summed E-state index contributed by atoms with van der Waals surface area (Å²) in [6.45, 7) is 4.34. The van der Waals surface area contributed by atoms with E-state index in [1.165, 1.54) is 55.6 Å². The Balaban J connectivity index is 0.00000274. The SMILES string of the molecule is Cl.O=C(CCC1CCN(CCCc2ccccc2)CC1)c1cc2c3c(c1)CCC(=O)N3CCC2. The Labute approximate surface area is 210 Å². The maximum absolute atomic E-state index is 13.1. The summed E-state index contributed by atoms with van der Waals surface area (Å²) in [6, 6.07) is 14.9. The molecule has 3 aliphatic heterocycles. The number of piperidine rings is 1. The van der Waals surface area contributed by atoms with Gasteiger partial charge in [0.1, 0.15) is 0 Å². The molecule has 2 aromatic rings. The molecule has 4 nitrogen and oxygen atoms in total. The van der Waals surface area contributed by atoms with Crippen LogP contribution in [0.25, 0.3) is 0 Å². The summed E-state index contributed by atoms with van der Waals surface area (Å²) < 4.78 is 0. The van der Waals surface area contributed by atoms with Crippen molar-refractivity contribution in [2.45, 2.75) is 64.2 Å².